The van der Waals surface area contributed by atoms with Crippen molar-refractivity contribution in [3.63, 3.8) is 0 Å². The van der Waals surface area contributed by atoms with Gasteiger partial charge in [0, 0.05) is 11.9 Å². The monoisotopic (exact) mass is 321 g/mol. The van der Waals surface area contributed by atoms with Crippen LogP contribution in [-0.4, -0.2) is 51.2 Å². The predicted molar refractivity (Wildman–Crippen MR) is 73.3 cm³/mol. The molecule has 20 heavy (non-hydrogen) atoms. The summed E-state index contributed by atoms with van der Waals surface area (Å²) < 4.78 is 29.2. The van der Waals surface area contributed by atoms with Crippen LogP contribution in [0.4, 0.5) is 0 Å². The van der Waals surface area contributed by atoms with Gasteiger partial charge in [0.25, 0.3) is 5.91 Å². The molecule has 0 atom stereocenters. The van der Waals surface area contributed by atoms with Crippen LogP contribution in [0.2, 0.25) is 0 Å². The maximum atomic E-state index is 11.7. The van der Waals surface area contributed by atoms with Crippen LogP contribution >= 0.6 is 11.3 Å². The third-order valence-electron chi connectivity index (χ3n) is 2.15. The lowest BCUT2D eigenvalue weighted by atomic mass is 10.4. The van der Waals surface area contributed by atoms with Crippen molar-refractivity contribution in [1.82, 2.24) is 15.0 Å². The first-order chi connectivity index (χ1) is 9.39. The molecule has 8 nitrogen and oxygen atoms in total. The first-order valence-electron chi connectivity index (χ1n) is 5.71. The fraction of sp³-hybridized carbons (Fsp3) is 0.500. The molecule has 1 amide bonds. The van der Waals surface area contributed by atoms with E-state index in [0.717, 1.165) is 11.3 Å². The van der Waals surface area contributed by atoms with Gasteiger partial charge in [-0.2, -0.15) is 0 Å². The number of thiazole rings is 1. The Bertz CT molecular complexity index is 581. The Hall–Kier alpha value is -1.52. The van der Waals surface area contributed by atoms with Crippen LogP contribution in [0.25, 0.3) is 0 Å². The summed E-state index contributed by atoms with van der Waals surface area (Å²) in [6.07, 6.45) is 0. The second-order valence-electron chi connectivity index (χ2n) is 3.54. The van der Waals surface area contributed by atoms with Crippen molar-refractivity contribution in [2.75, 3.05) is 26.0 Å². The Labute approximate surface area is 120 Å². The number of rotatable bonds is 7. The van der Waals surface area contributed by atoms with Crippen LogP contribution in [0.3, 0.4) is 0 Å². The van der Waals surface area contributed by atoms with Gasteiger partial charge >= 0.3 is 5.97 Å². The molecule has 0 spiro atoms. The topological polar surface area (TPSA) is 114 Å². The number of amides is 1. The minimum Gasteiger partial charge on any atom is -0.461 e. The lowest BCUT2D eigenvalue weighted by Gasteiger charge is -2.03. The highest BCUT2D eigenvalue weighted by Gasteiger charge is 2.16. The third-order valence-corrected chi connectivity index (χ3v) is 4.34. The van der Waals surface area contributed by atoms with Crippen LogP contribution in [-0.2, 0) is 14.8 Å². The maximum Gasteiger partial charge on any atom is 0.367 e. The molecule has 2 N–H and O–H groups in total. The SMILES string of the molecule is CCOC(=O)c1nc(C(=O)NCCS(=O)(=O)NC)cs1. The van der Waals surface area contributed by atoms with E-state index >= 15 is 0 Å². The number of ether oxygens (including phenoxy) is 1. The number of aromatic nitrogens is 1. The average molecular weight is 321 g/mol. The molecule has 10 heteroatoms. The summed E-state index contributed by atoms with van der Waals surface area (Å²) in [7, 11) is -2.07. The normalized spacial score (nSPS) is 11.1. The Balaban J connectivity index is 2.54. The van der Waals surface area contributed by atoms with Gasteiger partial charge in [-0.15, -0.1) is 11.3 Å². The molecule has 0 saturated carbocycles. The number of nitrogens with zero attached hydrogens (tertiary/aromatic N) is 1. The lowest BCUT2D eigenvalue weighted by Crippen LogP contribution is -2.33. The highest BCUT2D eigenvalue weighted by molar-refractivity contribution is 7.89. The van der Waals surface area contributed by atoms with Gasteiger partial charge < -0.3 is 10.1 Å². The molecule has 1 rings (SSSR count). The Kier molecular flexibility index (Phi) is 6.05. The molecule has 0 aliphatic rings. The fourth-order valence-electron chi connectivity index (χ4n) is 1.16. The highest BCUT2D eigenvalue weighted by Crippen LogP contribution is 2.11. The molecule has 1 aromatic heterocycles. The summed E-state index contributed by atoms with van der Waals surface area (Å²) in [6.45, 7) is 1.84. The van der Waals surface area contributed by atoms with Crippen LogP contribution in [0.1, 0.15) is 27.2 Å². The van der Waals surface area contributed by atoms with Crippen molar-refractivity contribution in [3.8, 4) is 0 Å². The summed E-state index contributed by atoms with van der Waals surface area (Å²) >= 11 is 0.992. The van der Waals surface area contributed by atoms with E-state index in [9.17, 15) is 18.0 Å². The van der Waals surface area contributed by atoms with Gasteiger partial charge in [-0.1, -0.05) is 0 Å². The molecule has 0 saturated heterocycles. The van der Waals surface area contributed by atoms with Gasteiger partial charge in [0.2, 0.25) is 15.0 Å². The second-order valence-corrected chi connectivity index (χ2v) is 6.44. The summed E-state index contributed by atoms with van der Waals surface area (Å²) in [6, 6.07) is 0. The lowest BCUT2D eigenvalue weighted by molar-refractivity contribution is 0.0526. The number of nitrogens with one attached hydrogen (secondary N) is 2. The summed E-state index contributed by atoms with van der Waals surface area (Å²) in [4.78, 5) is 26.9. The van der Waals surface area contributed by atoms with E-state index in [0.29, 0.717) is 0 Å². The number of hydrogen-bond donors (Lipinski definition) is 2. The van der Waals surface area contributed by atoms with Crippen molar-refractivity contribution in [2.24, 2.45) is 0 Å². The molecule has 0 aliphatic carbocycles. The van der Waals surface area contributed by atoms with E-state index in [1.54, 1.807) is 6.92 Å². The smallest absolute Gasteiger partial charge is 0.367 e. The van der Waals surface area contributed by atoms with Crippen molar-refractivity contribution in [2.45, 2.75) is 6.92 Å². The van der Waals surface area contributed by atoms with Gasteiger partial charge in [0.05, 0.1) is 12.4 Å². The molecule has 0 unspecified atom stereocenters. The number of carbonyl (C=O) groups is 2. The van der Waals surface area contributed by atoms with Crippen molar-refractivity contribution < 1.29 is 22.7 Å². The number of carbonyl (C=O) groups excluding carboxylic acids is 2. The van der Waals surface area contributed by atoms with Crippen LogP contribution in [0.15, 0.2) is 5.38 Å². The molecular weight excluding hydrogens is 306 g/mol. The van der Waals surface area contributed by atoms with Gasteiger partial charge in [-0.05, 0) is 14.0 Å². The summed E-state index contributed by atoms with van der Waals surface area (Å²) in [5.74, 6) is -1.36. The van der Waals surface area contributed by atoms with Crippen LogP contribution in [0.5, 0.6) is 0 Å². The number of hydrogen-bond acceptors (Lipinski definition) is 7. The van der Waals surface area contributed by atoms with E-state index in [4.69, 9.17) is 4.74 Å². The Morgan fingerprint density at radius 3 is 2.75 bits per heavy atom. The highest BCUT2D eigenvalue weighted by atomic mass is 32.2. The molecule has 0 radical (unpaired) electrons. The average Bonchev–Trinajstić information content (AvgIpc) is 2.88. The van der Waals surface area contributed by atoms with E-state index in [2.05, 4.69) is 15.0 Å². The zero-order chi connectivity index (χ0) is 15.2. The fourth-order valence-corrected chi connectivity index (χ4v) is 2.42. The molecule has 0 fully saturated rings. The molecule has 1 heterocycles. The van der Waals surface area contributed by atoms with Crippen LogP contribution < -0.4 is 10.0 Å². The molecule has 1 aromatic rings. The van der Waals surface area contributed by atoms with Crippen molar-refractivity contribution in [3.05, 3.63) is 16.1 Å². The van der Waals surface area contributed by atoms with Crippen LogP contribution in [0, 0.1) is 0 Å². The summed E-state index contributed by atoms with van der Waals surface area (Å²) in [5.41, 5.74) is 0.0555. The van der Waals surface area contributed by atoms with Gasteiger partial charge in [-0.25, -0.2) is 22.9 Å². The molecule has 112 valence electrons. The van der Waals surface area contributed by atoms with Gasteiger partial charge in [0.15, 0.2) is 0 Å². The van der Waals surface area contributed by atoms with Gasteiger partial charge in [0.1, 0.15) is 5.69 Å². The zero-order valence-corrected chi connectivity index (χ0v) is 12.6. The predicted octanol–water partition coefficient (Wildman–Crippen LogP) is -0.401. The molecule has 0 aromatic carbocycles. The minimum absolute atomic E-state index is 0.0473. The van der Waals surface area contributed by atoms with Crippen molar-refractivity contribution >= 4 is 33.2 Å². The molecule has 0 aliphatic heterocycles. The van der Waals surface area contributed by atoms with Gasteiger partial charge in [-0.3, -0.25) is 4.79 Å². The summed E-state index contributed by atoms with van der Waals surface area (Å²) in [5, 5.41) is 3.90. The molecule has 0 bridgehead atoms. The van der Waals surface area contributed by atoms with E-state index in [1.807, 2.05) is 0 Å². The molecular formula is C10H15N3O5S2. The third kappa shape index (κ3) is 4.87. The van der Waals surface area contributed by atoms with E-state index in [1.165, 1.54) is 12.4 Å². The largest absolute Gasteiger partial charge is 0.461 e. The van der Waals surface area contributed by atoms with E-state index < -0.39 is 21.9 Å². The standard InChI is InChI=1S/C10H15N3O5S2/c1-3-18-10(15)9-13-7(6-19-9)8(14)12-4-5-20(16,17)11-2/h6,11H,3-5H2,1-2H3,(H,12,14). The number of esters is 1. The minimum atomic E-state index is -3.37. The number of sulfonamides is 1. The zero-order valence-electron chi connectivity index (χ0n) is 11.0. The quantitative estimate of drug-likeness (QED) is 0.660. The maximum absolute atomic E-state index is 11.7. The second kappa shape index (κ2) is 7.31. The van der Waals surface area contributed by atoms with Crippen molar-refractivity contribution in [1.29, 1.82) is 0 Å². The Morgan fingerprint density at radius 2 is 2.15 bits per heavy atom. The first-order valence-corrected chi connectivity index (χ1v) is 8.25. The van der Waals surface area contributed by atoms with E-state index in [-0.39, 0.29) is 29.6 Å². The first kappa shape index (κ1) is 16.5. The Morgan fingerprint density at radius 1 is 1.45 bits per heavy atom.